The number of aromatic nitrogens is 2. The number of ether oxygens (including phenoxy) is 1. The van der Waals surface area contributed by atoms with E-state index >= 15 is 0 Å². The van der Waals surface area contributed by atoms with Crippen LogP contribution >= 0.6 is 11.3 Å². The van der Waals surface area contributed by atoms with Crippen LogP contribution in [-0.4, -0.2) is 33.6 Å². The molecular weight excluding hydrogens is 330 g/mol. The molecule has 126 valence electrons. The molecule has 0 aliphatic heterocycles. The van der Waals surface area contributed by atoms with E-state index in [-0.39, 0.29) is 24.9 Å². The van der Waals surface area contributed by atoms with Crippen LogP contribution in [0.2, 0.25) is 0 Å². The van der Waals surface area contributed by atoms with Gasteiger partial charge in [0.15, 0.2) is 12.3 Å². The molecule has 0 aliphatic carbocycles. The summed E-state index contributed by atoms with van der Waals surface area (Å²) in [5, 5.41) is 12.5. The molecule has 0 unspecified atom stereocenters. The number of amides is 1. The summed E-state index contributed by atoms with van der Waals surface area (Å²) in [6.07, 6.45) is 1.27. The zero-order valence-electron chi connectivity index (χ0n) is 13.3. The Bertz CT molecular complexity index is 858. The van der Waals surface area contributed by atoms with Crippen molar-refractivity contribution in [3.05, 3.63) is 41.1 Å². The minimum atomic E-state index is -0.397. The van der Waals surface area contributed by atoms with Gasteiger partial charge in [0, 0.05) is 12.1 Å². The summed E-state index contributed by atoms with van der Waals surface area (Å²) in [4.78, 5) is 20.4. The molecule has 0 saturated heterocycles. The van der Waals surface area contributed by atoms with Gasteiger partial charge in [-0.25, -0.2) is 9.97 Å². The first kappa shape index (κ1) is 16.4. The van der Waals surface area contributed by atoms with Crippen LogP contribution in [0.4, 0.5) is 0 Å². The Morgan fingerprint density at radius 1 is 1.46 bits per heavy atom. The van der Waals surface area contributed by atoms with E-state index < -0.39 is 5.91 Å². The van der Waals surface area contributed by atoms with Gasteiger partial charge in [-0.3, -0.25) is 4.79 Å². The van der Waals surface area contributed by atoms with Gasteiger partial charge < -0.3 is 19.6 Å². The Morgan fingerprint density at radius 2 is 2.29 bits per heavy atom. The average molecular weight is 347 g/mol. The molecule has 2 N–H and O–H groups in total. The number of hydrogen-bond donors (Lipinski definition) is 2. The number of aliphatic hydroxyl groups excluding tert-OH is 1. The zero-order chi connectivity index (χ0) is 17.1. The second-order valence-corrected chi connectivity index (χ2v) is 6.57. The van der Waals surface area contributed by atoms with Crippen LogP contribution in [-0.2, 0) is 6.61 Å². The Morgan fingerprint density at radius 3 is 3.08 bits per heavy atom. The van der Waals surface area contributed by atoms with Gasteiger partial charge in [0.25, 0.3) is 5.91 Å². The Hall–Kier alpha value is -2.45. The summed E-state index contributed by atoms with van der Waals surface area (Å²) in [6, 6.07) is 5.33. The minimum absolute atomic E-state index is 0.109. The quantitative estimate of drug-likeness (QED) is 0.710. The molecule has 3 aromatic rings. The monoisotopic (exact) mass is 347 g/mol. The van der Waals surface area contributed by atoms with Gasteiger partial charge >= 0.3 is 0 Å². The average Bonchev–Trinajstić information content (AvgIpc) is 3.17. The highest BCUT2D eigenvalue weighted by Crippen LogP contribution is 2.25. The molecule has 0 aliphatic rings. The third kappa shape index (κ3) is 3.72. The highest BCUT2D eigenvalue weighted by Gasteiger charge is 2.14. The smallest absolute Gasteiger partial charge is 0.273 e. The molecular formula is C16H17N3O4S. The second-order valence-electron chi connectivity index (χ2n) is 5.33. The summed E-state index contributed by atoms with van der Waals surface area (Å²) in [6.45, 7) is 3.62. The number of hydrogen-bond acceptors (Lipinski definition) is 7. The highest BCUT2D eigenvalue weighted by atomic mass is 32.1. The van der Waals surface area contributed by atoms with E-state index in [1.54, 1.807) is 18.3 Å². The standard InChI is InChI=1S/C16H17N3O4S/c1-9(6-20)17-16(21)13-7-23-15(19-13)8-22-11-3-4-14-12(5-11)18-10(2)24-14/h3-5,7,9,20H,6,8H2,1-2H3,(H,17,21)/t9-/m0/s1. The van der Waals surface area contributed by atoms with Gasteiger partial charge in [-0.2, -0.15) is 0 Å². The number of carbonyl (C=O) groups is 1. The third-order valence-corrected chi connectivity index (χ3v) is 4.22. The first-order valence-corrected chi connectivity index (χ1v) is 8.23. The number of carbonyl (C=O) groups excluding carboxylic acids is 1. The molecule has 0 fully saturated rings. The number of fused-ring (bicyclic) bond motifs is 1. The van der Waals surface area contributed by atoms with Gasteiger partial charge in [-0.15, -0.1) is 11.3 Å². The van der Waals surface area contributed by atoms with Crippen molar-refractivity contribution in [3.63, 3.8) is 0 Å². The Kier molecular flexibility index (Phi) is 4.77. The fourth-order valence-electron chi connectivity index (χ4n) is 2.08. The summed E-state index contributed by atoms with van der Waals surface area (Å²) in [5.74, 6) is 0.558. The first-order chi connectivity index (χ1) is 11.5. The van der Waals surface area contributed by atoms with E-state index in [4.69, 9.17) is 14.3 Å². The van der Waals surface area contributed by atoms with Gasteiger partial charge in [-0.05, 0) is 26.0 Å². The highest BCUT2D eigenvalue weighted by molar-refractivity contribution is 7.18. The fraction of sp³-hybridized carbons (Fsp3) is 0.312. The second kappa shape index (κ2) is 6.98. The molecule has 0 spiro atoms. The number of benzene rings is 1. The van der Waals surface area contributed by atoms with Crippen LogP contribution in [0.3, 0.4) is 0 Å². The lowest BCUT2D eigenvalue weighted by atomic mass is 10.3. The summed E-state index contributed by atoms with van der Waals surface area (Å²) in [5.41, 5.74) is 1.04. The van der Waals surface area contributed by atoms with E-state index in [1.807, 2.05) is 25.1 Å². The van der Waals surface area contributed by atoms with Crippen molar-refractivity contribution >= 4 is 27.5 Å². The molecule has 0 radical (unpaired) electrons. The molecule has 0 bridgehead atoms. The van der Waals surface area contributed by atoms with Crippen molar-refractivity contribution in [1.29, 1.82) is 0 Å². The molecule has 0 saturated carbocycles. The van der Waals surface area contributed by atoms with Crippen molar-refractivity contribution in [2.45, 2.75) is 26.5 Å². The molecule has 24 heavy (non-hydrogen) atoms. The van der Waals surface area contributed by atoms with Crippen LogP contribution in [0.25, 0.3) is 10.2 Å². The maximum atomic E-state index is 11.9. The number of oxazole rings is 1. The van der Waals surface area contributed by atoms with Gasteiger partial charge in [0.2, 0.25) is 5.89 Å². The lowest BCUT2D eigenvalue weighted by molar-refractivity contribution is 0.0917. The summed E-state index contributed by atoms with van der Waals surface area (Å²) < 4.78 is 12.0. The van der Waals surface area contributed by atoms with Crippen LogP contribution < -0.4 is 10.1 Å². The van der Waals surface area contributed by atoms with Gasteiger partial charge in [-0.1, -0.05) is 0 Å². The summed E-state index contributed by atoms with van der Waals surface area (Å²) in [7, 11) is 0. The number of nitrogens with one attached hydrogen (secondary N) is 1. The van der Waals surface area contributed by atoms with Crippen molar-refractivity contribution in [2.75, 3.05) is 6.61 Å². The first-order valence-electron chi connectivity index (χ1n) is 7.41. The molecule has 2 heterocycles. The molecule has 3 rings (SSSR count). The number of thiazole rings is 1. The van der Waals surface area contributed by atoms with E-state index in [9.17, 15) is 4.79 Å². The number of nitrogens with zero attached hydrogens (tertiary/aromatic N) is 2. The largest absolute Gasteiger partial charge is 0.484 e. The Balaban J connectivity index is 1.62. The molecule has 8 heteroatoms. The topological polar surface area (TPSA) is 97.5 Å². The fourth-order valence-corrected chi connectivity index (χ4v) is 2.89. The van der Waals surface area contributed by atoms with E-state index in [0.29, 0.717) is 11.6 Å². The van der Waals surface area contributed by atoms with Crippen molar-refractivity contribution in [1.82, 2.24) is 15.3 Å². The van der Waals surface area contributed by atoms with Crippen molar-refractivity contribution in [2.24, 2.45) is 0 Å². The number of rotatable bonds is 6. The number of aryl methyl sites for hydroxylation is 1. The van der Waals surface area contributed by atoms with Crippen LogP contribution in [0.15, 0.2) is 28.9 Å². The van der Waals surface area contributed by atoms with Crippen LogP contribution in [0, 0.1) is 6.92 Å². The zero-order valence-corrected chi connectivity index (χ0v) is 14.1. The molecule has 2 aromatic heterocycles. The predicted molar refractivity (Wildman–Crippen MR) is 89.2 cm³/mol. The van der Waals surface area contributed by atoms with E-state index in [1.165, 1.54) is 6.26 Å². The van der Waals surface area contributed by atoms with Gasteiger partial charge in [0.05, 0.1) is 21.8 Å². The molecule has 1 amide bonds. The van der Waals surface area contributed by atoms with Crippen molar-refractivity contribution in [3.8, 4) is 5.75 Å². The van der Waals surface area contributed by atoms with E-state index in [2.05, 4.69) is 15.3 Å². The van der Waals surface area contributed by atoms with Crippen LogP contribution in [0.5, 0.6) is 5.75 Å². The maximum absolute atomic E-state index is 11.9. The SMILES string of the molecule is Cc1nc2cc(OCc3nc(C(=O)N[C@@H](C)CO)co3)ccc2s1. The Labute approximate surface area is 142 Å². The molecule has 7 nitrogen and oxygen atoms in total. The number of aliphatic hydroxyl groups is 1. The van der Waals surface area contributed by atoms with E-state index in [0.717, 1.165) is 15.2 Å². The molecule has 1 aromatic carbocycles. The van der Waals surface area contributed by atoms with Crippen molar-refractivity contribution < 1.29 is 19.1 Å². The predicted octanol–water partition coefficient (Wildman–Crippen LogP) is 2.28. The van der Waals surface area contributed by atoms with Gasteiger partial charge in [0.1, 0.15) is 12.0 Å². The lowest BCUT2D eigenvalue weighted by Crippen LogP contribution is -2.35. The normalized spacial score (nSPS) is 12.3. The lowest BCUT2D eigenvalue weighted by Gasteiger charge is -2.08. The third-order valence-electron chi connectivity index (χ3n) is 3.26. The minimum Gasteiger partial charge on any atom is -0.484 e. The summed E-state index contributed by atoms with van der Waals surface area (Å²) >= 11 is 1.63. The molecule has 1 atom stereocenters. The maximum Gasteiger partial charge on any atom is 0.273 e. The van der Waals surface area contributed by atoms with Crippen LogP contribution in [0.1, 0.15) is 28.3 Å².